The van der Waals surface area contributed by atoms with Gasteiger partial charge in [-0.2, -0.15) is 0 Å². The first-order valence-corrected chi connectivity index (χ1v) is 11.6. The van der Waals surface area contributed by atoms with Crippen LogP contribution < -0.4 is 14.4 Å². The summed E-state index contributed by atoms with van der Waals surface area (Å²) in [6, 6.07) is 14.0. The van der Waals surface area contributed by atoms with E-state index < -0.39 is 0 Å². The van der Waals surface area contributed by atoms with Crippen LogP contribution in [-0.2, 0) is 11.2 Å². The predicted octanol–water partition coefficient (Wildman–Crippen LogP) is 3.49. The molecule has 2 aromatic carbocycles. The number of likely N-dealkylation sites (tertiary alicyclic amines) is 1. The largest absolute Gasteiger partial charge is 0.492 e. The molecule has 3 aliphatic rings. The number of benzene rings is 2. The standard InChI is InChI=1S/C26H30N2O4/c1-2-18-15-21(7-10-24(18)31-14-13-27-16-22(29)17-27)28-12-11-25(26(28)30)32-23-8-5-20(6-9-23)19-3-4-19/h5-11,15,19,22,29H,2-4,12-14,16-17H2,1H3. The molecule has 1 N–H and O–H groups in total. The number of hydrogen-bond acceptors (Lipinski definition) is 5. The maximum atomic E-state index is 13.0. The van der Waals surface area contributed by atoms with Gasteiger partial charge < -0.3 is 19.5 Å². The zero-order valence-corrected chi connectivity index (χ0v) is 18.5. The van der Waals surface area contributed by atoms with Gasteiger partial charge in [-0.1, -0.05) is 19.1 Å². The van der Waals surface area contributed by atoms with E-state index in [0.29, 0.717) is 30.6 Å². The average Bonchev–Trinajstić information content (AvgIpc) is 3.57. The lowest BCUT2D eigenvalue weighted by Gasteiger charge is -2.35. The van der Waals surface area contributed by atoms with Crippen molar-refractivity contribution in [3.05, 3.63) is 65.4 Å². The molecule has 6 heteroatoms. The van der Waals surface area contributed by atoms with Crippen LogP contribution in [0.3, 0.4) is 0 Å². The monoisotopic (exact) mass is 434 g/mol. The number of aryl methyl sites for hydroxylation is 1. The fourth-order valence-electron chi connectivity index (χ4n) is 4.30. The minimum absolute atomic E-state index is 0.122. The number of carbonyl (C=O) groups is 1. The van der Waals surface area contributed by atoms with Crippen molar-refractivity contribution in [1.82, 2.24) is 4.90 Å². The lowest BCUT2D eigenvalue weighted by molar-refractivity contribution is -0.116. The molecule has 6 nitrogen and oxygen atoms in total. The Morgan fingerprint density at radius 2 is 1.88 bits per heavy atom. The van der Waals surface area contributed by atoms with Crippen molar-refractivity contribution in [1.29, 1.82) is 0 Å². The Bertz CT molecular complexity index is 1010. The van der Waals surface area contributed by atoms with Crippen molar-refractivity contribution < 1.29 is 19.4 Å². The molecule has 168 valence electrons. The van der Waals surface area contributed by atoms with E-state index in [1.54, 1.807) is 4.90 Å². The van der Waals surface area contributed by atoms with Crippen LogP contribution in [0.5, 0.6) is 11.5 Å². The van der Waals surface area contributed by atoms with Crippen molar-refractivity contribution in [2.75, 3.05) is 37.7 Å². The molecule has 0 bridgehead atoms. The molecule has 1 saturated carbocycles. The van der Waals surface area contributed by atoms with Gasteiger partial charge in [0.2, 0.25) is 0 Å². The van der Waals surface area contributed by atoms with E-state index in [0.717, 1.165) is 43.1 Å². The highest BCUT2D eigenvalue weighted by atomic mass is 16.5. The van der Waals surface area contributed by atoms with Crippen LogP contribution in [0.2, 0.25) is 0 Å². The summed E-state index contributed by atoms with van der Waals surface area (Å²) in [7, 11) is 0. The van der Waals surface area contributed by atoms with E-state index in [4.69, 9.17) is 9.47 Å². The topological polar surface area (TPSA) is 62.2 Å². The first kappa shape index (κ1) is 21.0. The maximum absolute atomic E-state index is 13.0. The van der Waals surface area contributed by atoms with Crippen molar-refractivity contribution in [2.45, 2.75) is 38.2 Å². The average molecular weight is 435 g/mol. The third kappa shape index (κ3) is 4.52. The van der Waals surface area contributed by atoms with Gasteiger partial charge in [0.15, 0.2) is 5.76 Å². The molecule has 0 unspecified atom stereocenters. The fourth-order valence-corrected chi connectivity index (χ4v) is 4.30. The van der Waals surface area contributed by atoms with Gasteiger partial charge in [-0.25, -0.2) is 0 Å². The number of aliphatic hydroxyl groups is 1. The number of β-amino-alcohol motifs (C(OH)–C–C–N with tert-alkyl or cyclic N) is 1. The van der Waals surface area contributed by atoms with Crippen LogP contribution in [0.25, 0.3) is 0 Å². The van der Waals surface area contributed by atoms with Crippen LogP contribution in [-0.4, -0.2) is 54.8 Å². The van der Waals surface area contributed by atoms with E-state index in [2.05, 4.69) is 24.0 Å². The molecule has 0 aromatic heterocycles. The Balaban J connectivity index is 1.19. The molecule has 0 atom stereocenters. The zero-order valence-electron chi connectivity index (χ0n) is 18.5. The smallest absolute Gasteiger partial charge is 0.294 e. The lowest BCUT2D eigenvalue weighted by Crippen LogP contribution is -2.51. The van der Waals surface area contributed by atoms with Gasteiger partial charge in [-0.15, -0.1) is 0 Å². The zero-order chi connectivity index (χ0) is 22.1. The predicted molar refractivity (Wildman–Crippen MR) is 123 cm³/mol. The van der Waals surface area contributed by atoms with Gasteiger partial charge in [0, 0.05) is 31.9 Å². The molecule has 1 aliphatic carbocycles. The second-order valence-corrected chi connectivity index (χ2v) is 8.84. The normalized spacial score (nSPS) is 19.1. The van der Waals surface area contributed by atoms with Crippen LogP contribution in [0.1, 0.15) is 36.8 Å². The number of hydrogen-bond donors (Lipinski definition) is 1. The second-order valence-electron chi connectivity index (χ2n) is 8.84. The van der Waals surface area contributed by atoms with Gasteiger partial charge in [0.25, 0.3) is 5.91 Å². The van der Waals surface area contributed by atoms with Gasteiger partial charge in [-0.05, 0) is 72.7 Å². The summed E-state index contributed by atoms with van der Waals surface area (Å²) < 4.78 is 11.9. The molecule has 2 fully saturated rings. The number of nitrogens with zero attached hydrogens (tertiary/aromatic N) is 2. The summed E-state index contributed by atoms with van der Waals surface area (Å²) in [6.07, 6.45) is 5.01. The summed E-state index contributed by atoms with van der Waals surface area (Å²) in [4.78, 5) is 16.9. The van der Waals surface area contributed by atoms with Crippen molar-refractivity contribution in [2.24, 2.45) is 0 Å². The van der Waals surface area contributed by atoms with E-state index in [-0.39, 0.29) is 12.0 Å². The van der Waals surface area contributed by atoms with Gasteiger partial charge >= 0.3 is 0 Å². The molecule has 0 spiro atoms. The second kappa shape index (κ2) is 8.96. The van der Waals surface area contributed by atoms with Gasteiger partial charge in [-0.3, -0.25) is 9.69 Å². The van der Waals surface area contributed by atoms with Crippen molar-refractivity contribution >= 4 is 11.6 Å². The molecule has 2 heterocycles. The van der Waals surface area contributed by atoms with Crippen LogP contribution >= 0.6 is 0 Å². The molecule has 1 amide bonds. The van der Waals surface area contributed by atoms with Crippen molar-refractivity contribution in [3.8, 4) is 11.5 Å². The first-order valence-electron chi connectivity index (χ1n) is 11.6. The highest BCUT2D eigenvalue weighted by molar-refractivity contribution is 6.07. The Morgan fingerprint density at radius 3 is 2.56 bits per heavy atom. The third-order valence-electron chi connectivity index (χ3n) is 6.41. The summed E-state index contributed by atoms with van der Waals surface area (Å²) in [6.45, 7) is 5.42. The van der Waals surface area contributed by atoms with E-state index in [1.807, 2.05) is 36.4 Å². The Kier molecular flexibility index (Phi) is 5.89. The first-order chi connectivity index (χ1) is 15.6. The third-order valence-corrected chi connectivity index (χ3v) is 6.41. The van der Waals surface area contributed by atoms with E-state index in [9.17, 15) is 9.90 Å². The Hall–Kier alpha value is -2.83. The summed E-state index contributed by atoms with van der Waals surface area (Å²) in [5.41, 5.74) is 3.27. The number of rotatable bonds is 9. The molecular formula is C26H30N2O4. The number of anilines is 1. The number of amides is 1. The lowest BCUT2D eigenvalue weighted by atomic mass is 10.1. The molecular weight excluding hydrogens is 404 g/mol. The van der Waals surface area contributed by atoms with E-state index in [1.165, 1.54) is 18.4 Å². The SMILES string of the molecule is CCc1cc(N2CC=C(Oc3ccc(C4CC4)cc3)C2=O)ccc1OCCN1CC(O)C1. The number of ether oxygens (including phenoxy) is 2. The molecule has 0 radical (unpaired) electrons. The molecule has 1 saturated heterocycles. The summed E-state index contributed by atoms with van der Waals surface area (Å²) in [5.74, 6) is 2.51. The Labute approximate surface area is 189 Å². The minimum Gasteiger partial charge on any atom is -0.492 e. The quantitative estimate of drug-likeness (QED) is 0.655. The van der Waals surface area contributed by atoms with Gasteiger partial charge in [0.05, 0.1) is 6.10 Å². The van der Waals surface area contributed by atoms with Crippen LogP contribution in [0.15, 0.2) is 54.3 Å². The number of carbonyl (C=O) groups excluding carboxylic acids is 1. The minimum atomic E-state index is -0.192. The van der Waals surface area contributed by atoms with E-state index >= 15 is 0 Å². The van der Waals surface area contributed by atoms with Crippen LogP contribution in [0, 0.1) is 0 Å². The highest BCUT2D eigenvalue weighted by Gasteiger charge is 2.28. The Morgan fingerprint density at radius 1 is 1.09 bits per heavy atom. The van der Waals surface area contributed by atoms with Crippen molar-refractivity contribution in [3.63, 3.8) is 0 Å². The fraction of sp³-hybridized carbons (Fsp3) is 0.423. The highest BCUT2D eigenvalue weighted by Crippen LogP contribution is 2.40. The molecule has 2 aliphatic heterocycles. The molecule has 5 rings (SSSR count). The maximum Gasteiger partial charge on any atom is 0.294 e. The van der Waals surface area contributed by atoms with Gasteiger partial charge in [0.1, 0.15) is 18.1 Å². The number of aliphatic hydroxyl groups excluding tert-OH is 1. The van der Waals surface area contributed by atoms with Crippen LogP contribution in [0.4, 0.5) is 5.69 Å². The summed E-state index contributed by atoms with van der Waals surface area (Å²) in [5, 5.41) is 9.38. The summed E-state index contributed by atoms with van der Waals surface area (Å²) >= 11 is 0. The molecule has 32 heavy (non-hydrogen) atoms. The molecule has 2 aromatic rings.